The van der Waals surface area contributed by atoms with E-state index < -0.39 is 0 Å². The smallest absolute Gasteiger partial charge is 0.00166 e. The molecule has 1 heteroatoms. The van der Waals surface area contributed by atoms with Crippen molar-refractivity contribution in [3.8, 4) is 0 Å². The van der Waals surface area contributed by atoms with E-state index in [4.69, 9.17) is 0 Å². The van der Waals surface area contributed by atoms with Gasteiger partial charge in [0.1, 0.15) is 0 Å². The first kappa shape index (κ1) is 14.8. The molecule has 20 heavy (non-hydrogen) atoms. The third-order valence-corrected chi connectivity index (χ3v) is 9.72. The molecule has 0 aliphatic heterocycles. The van der Waals surface area contributed by atoms with Crippen molar-refractivity contribution >= 4 is 7.92 Å². The highest BCUT2D eigenvalue weighted by atomic mass is 31.1. The monoisotopic (exact) mass is 290 g/mol. The highest BCUT2D eigenvalue weighted by Crippen LogP contribution is 2.60. The maximum absolute atomic E-state index is 2.58. The van der Waals surface area contributed by atoms with Gasteiger partial charge in [0.15, 0.2) is 0 Å². The minimum atomic E-state index is 0.222. The predicted octanol–water partition coefficient (Wildman–Crippen LogP) is 6.41. The Morgan fingerprint density at radius 1 is 0.900 bits per heavy atom. The van der Waals surface area contributed by atoms with Crippen LogP contribution < -0.4 is 0 Å². The summed E-state index contributed by atoms with van der Waals surface area (Å²) in [5.41, 5.74) is 4.84. The van der Waals surface area contributed by atoms with Gasteiger partial charge in [0, 0.05) is 0 Å². The topological polar surface area (TPSA) is 0 Å². The maximum Gasteiger partial charge on any atom is -0.00166 e. The lowest BCUT2D eigenvalue weighted by molar-refractivity contribution is 0.482. The third-order valence-electron chi connectivity index (χ3n) is 5.78. The van der Waals surface area contributed by atoms with E-state index in [2.05, 4.69) is 25.2 Å². The van der Waals surface area contributed by atoms with Gasteiger partial charge >= 0.3 is 0 Å². The molecule has 0 nitrogen and oxygen atoms in total. The van der Waals surface area contributed by atoms with Crippen LogP contribution in [0.4, 0.5) is 0 Å². The van der Waals surface area contributed by atoms with Crippen LogP contribution in [0.1, 0.15) is 77.6 Å². The van der Waals surface area contributed by atoms with E-state index >= 15 is 0 Å². The van der Waals surface area contributed by atoms with Gasteiger partial charge in [0.25, 0.3) is 0 Å². The van der Waals surface area contributed by atoms with Gasteiger partial charge in [-0.1, -0.05) is 77.2 Å². The van der Waals surface area contributed by atoms with Crippen molar-refractivity contribution in [3.05, 3.63) is 23.8 Å². The zero-order valence-corrected chi connectivity index (χ0v) is 14.1. The molecule has 0 heterocycles. The first-order chi connectivity index (χ1) is 9.86. The Balaban J connectivity index is 1.74. The van der Waals surface area contributed by atoms with Crippen LogP contribution in [-0.4, -0.2) is 17.0 Å². The standard InChI is InChI=1S/C19H31P/c1-16(17-10-8-9-11-17)20(18-12-4-2-5-13-18)19-14-6-3-7-15-19/h8-10,16,18-19H,2-7,11-15H2,1H3/t16-/m1/s1. The Bertz CT molecular complexity index is 338. The molecule has 112 valence electrons. The van der Waals surface area contributed by atoms with Crippen LogP contribution in [-0.2, 0) is 0 Å². The summed E-state index contributed by atoms with van der Waals surface area (Å²) in [5, 5.41) is 0. The van der Waals surface area contributed by atoms with Crippen molar-refractivity contribution in [3.63, 3.8) is 0 Å². The van der Waals surface area contributed by atoms with Crippen LogP contribution in [0, 0.1) is 0 Å². The third kappa shape index (κ3) is 3.38. The van der Waals surface area contributed by atoms with E-state index in [-0.39, 0.29) is 7.92 Å². The molecule has 3 rings (SSSR count). The lowest BCUT2D eigenvalue weighted by atomic mass is 9.99. The Hall–Kier alpha value is -0.0900. The summed E-state index contributed by atoms with van der Waals surface area (Å²) in [6.45, 7) is 2.58. The van der Waals surface area contributed by atoms with E-state index in [1.54, 1.807) is 31.3 Å². The molecular formula is C19H31P. The average Bonchev–Trinajstić information content (AvgIpc) is 3.04. The van der Waals surface area contributed by atoms with Gasteiger partial charge in [-0.3, -0.25) is 0 Å². The summed E-state index contributed by atoms with van der Waals surface area (Å²) in [6.07, 6.45) is 23.6. The largest absolute Gasteiger partial charge is 0.0932 e. The second kappa shape index (κ2) is 7.26. The Morgan fingerprint density at radius 2 is 1.45 bits per heavy atom. The van der Waals surface area contributed by atoms with Gasteiger partial charge in [-0.05, 0) is 49.1 Å². The number of hydrogen-bond acceptors (Lipinski definition) is 0. The number of rotatable bonds is 4. The zero-order valence-electron chi connectivity index (χ0n) is 13.2. The lowest BCUT2D eigenvalue weighted by Gasteiger charge is -2.42. The predicted molar refractivity (Wildman–Crippen MR) is 92.0 cm³/mol. The van der Waals surface area contributed by atoms with Gasteiger partial charge < -0.3 is 0 Å². The number of allylic oxidation sites excluding steroid dienone is 4. The molecule has 0 bridgehead atoms. The molecule has 0 aromatic heterocycles. The first-order valence-corrected chi connectivity index (χ1v) is 10.5. The molecule has 3 aliphatic rings. The first-order valence-electron chi connectivity index (χ1n) is 8.99. The van der Waals surface area contributed by atoms with Crippen LogP contribution >= 0.6 is 7.92 Å². The van der Waals surface area contributed by atoms with Crippen LogP contribution in [0.25, 0.3) is 0 Å². The fourth-order valence-corrected chi connectivity index (χ4v) is 9.01. The lowest BCUT2D eigenvalue weighted by Crippen LogP contribution is -2.26. The van der Waals surface area contributed by atoms with Crippen LogP contribution in [0.15, 0.2) is 23.8 Å². The Labute approximate surface area is 126 Å². The molecule has 2 fully saturated rings. The molecule has 0 aromatic carbocycles. The van der Waals surface area contributed by atoms with Crippen molar-refractivity contribution in [1.82, 2.24) is 0 Å². The van der Waals surface area contributed by atoms with Gasteiger partial charge in [0.2, 0.25) is 0 Å². The summed E-state index contributed by atoms with van der Waals surface area (Å²) < 4.78 is 0. The van der Waals surface area contributed by atoms with Crippen molar-refractivity contribution in [2.45, 2.75) is 94.5 Å². The molecule has 0 radical (unpaired) electrons. The van der Waals surface area contributed by atoms with Crippen LogP contribution in [0.2, 0.25) is 0 Å². The molecule has 3 aliphatic carbocycles. The van der Waals surface area contributed by atoms with Crippen molar-refractivity contribution < 1.29 is 0 Å². The van der Waals surface area contributed by atoms with E-state index in [1.165, 1.54) is 44.9 Å². The molecule has 0 aromatic rings. The number of hydrogen-bond donors (Lipinski definition) is 0. The molecule has 0 spiro atoms. The van der Waals surface area contributed by atoms with Gasteiger partial charge in [0.05, 0.1) is 0 Å². The highest BCUT2D eigenvalue weighted by molar-refractivity contribution is 7.60. The van der Waals surface area contributed by atoms with Gasteiger partial charge in [-0.15, -0.1) is 0 Å². The average molecular weight is 290 g/mol. The van der Waals surface area contributed by atoms with E-state index in [0.29, 0.717) is 0 Å². The van der Waals surface area contributed by atoms with E-state index in [9.17, 15) is 0 Å². The van der Waals surface area contributed by atoms with Crippen LogP contribution in [0.5, 0.6) is 0 Å². The van der Waals surface area contributed by atoms with Gasteiger partial charge in [-0.25, -0.2) is 0 Å². The molecule has 0 saturated heterocycles. The van der Waals surface area contributed by atoms with Crippen molar-refractivity contribution in [2.24, 2.45) is 0 Å². The SMILES string of the molecule is C[C@H](C1=CC=CC1)P(C1CCCCC1)C1CCCCC1. The molecule has 0 N–H and O–H groups in total. The van der Waals surface area contributed by atoms with E-state index in [1.807, 2.05) is 0 Å². The molecule has 2 saturated carbocycles. The fourth-order valence-electron chi connectivity index (χ4n) is 4.65. The minimum absolute atomic E-state index is 0.222. The Kier molecular flexibility index (Phi) is 5.38. The molecular weight excluding hydrogens is 259 g/mol. The van der Waals surface area contributed by atoms with Crippen molar-refractivity contribution in [1.29, 1.82) is 0 Å². The quantitative estimate of drug-likeness (QED) is 0.525. The van der Waals surface area contributed by atoms with Crippen LogP contribution in [0.3, 0.4) is 0 Å². The summed E-state index contributed by atoms with van der Waals surface area (Å²) in [4.78, 5) is 0. The highest BCUT2D eigenvalue weighted by Gasteiger charge is 2.35. The molecule has 0 amide bonds. The fraction of sp³-hybridized carbons (Fsp3) is 0.789. The van der Waals surface area contributed by atoms with Crippen molar-refractivity contribution in [2.75, 3.05) is 0 Å². The zero-order chi connectivity index (χ0) is 13.8. The summed E-state index contributed by atoms with van der Waals surface area (Å²) >= 11 is 0. The minimum Gasteiger partial charge on any atom is -0.0932 e. The molecule has 1 atom stereocenters. The summed E-state index contributed by atoms with van der Waals surface area (Å²) in [7, 11) is 0.222. The van der Waals surface area contributed by atoms with Gasteiger partial charge in [-0.2, -0.15) is 0 Å². The summed E-state index contributed by atoms with van der Waals surface area (Å²) in [5.74, 6) is 0. The molecule has 0 unspecified atom stereocenters. The maximum atomic E-state index is 2.58. The second-order valence-corrected chi connectivity index (χ2v) is 10.2. The Morgan fingerprint density at radius 3 is 1.90 bits per heavy atom. The normalized spacial score (nSPS) is 27.0. The summed E-state index contributed by atoms with van der Waals surface area (Å²) in [6, 6.07) is 0. The second-order valence-electron chi connectivity index (χ2n) is 7.08. The van der Waals surface area contributed by atoms with E-state index in [0.717, 1.165) is 17.0 Å².